The molecule has 0 aliphatic carbocycles. The number of aliphatic hydroxyl groups is 1. The van der Waals surface area contributed by atoms with Gasteiger partial charge in [0.1, 0.15) is 40.9 Å². The molecule has 0 aliphatic rings. The van der Waals surface area contributed by atoms with Crippen LogP contribution in [0.3, 0.4) is 0 Å². The molecule has 14 heteroatoms. The molecule has 2 atom stereocenters. The SMILES string of the molecule is C=C/C=C\C(=NCc1nnc(NS(=O)(=O)[C@H](C)[C@H](O)c2cnc(C)nc2)n1-c1c(OC)cccc1OC)OC. The highest BCUT2D eigenvalue weighted by molar-refractivity contribution is 7.93. The van der Waals surface area contributed by atoms with Crippen LogP contribution >= 0.6 is 0 Å². The van der Waals surface area contributed by atoms with E-state index in [4.69, 9.17) is 14.2 Å². The Morgan fingerprint density at radius 3 is 2.38 bits per heavy atom. The molecule has 208 valence electrons. The molecule has 0 radical (unpaired) electrons. The van der Waals surface area contributed by atoms with Gasteiger partial charge in [-0.15, -0.1) is 10.2 Å². The number of benzene rings is 1. The minimum Gasteiger partial charge on any atom is -0.494 e. The van der Waals surface area contributed by atoms with Gasteiger partial charge in [0.2, 0.25) is 21.9 Å². The van der Waals surface area contributed by atoms with Crippen molar-refractivity contribution in [3.63, 3.8) is 0 Å². The summed E-state index contributed by atoms with van der Waals surface area (Å²) in [6.07, 6.45) is 6.18. The Bertz CT molecular complexity index is 1430. The lowest BCUT2D eigenvalue weighted by Gasteiger charge is -2.21. The van der Waals surface area contributed by atoms with Gasteiger partial charge in [0.05, 0.1) is 21.3 Å². The average molecular weight is 558 g/mol. The van der Waals surface area contributed by atoms with Crippen molar-refractivity contribution in [1.29, 1.82) is 0 Å². The maximum Gasteiger partial charge on any atom is 0.243 e. The third-order valence-corrected chi connectivity index (χ3v) is 7.33. The average Bonchev–Trinajstić information content (AvgIpc) is 3.32. The molecule has 39 heavy (non-hydrogen) atoms. The lowest BCUT2D eigenvalue weighted by atomic mass is 10.1. The summed E-state index contributed by atoms with van der Waals surface area (Å²) in [5.41, 5.74) is 0.595. The summed E-state index contributed by atoms with van der Waals surface area (Å²) in [5.74, 6) is 1.59. The van der Waals surface area contributed by atoms with Gasteiger partial charge in [0.15, 0.2) is 5.82 Å². The molecule has 0 spiro atoms. The van der Waals surface area contributed by atoms with Crippen molar-refractivity contribution >= 4 is 21.9 Å². The number of para-hydroxylation sites is 1. The number of hydrogen-bond acceptors (Lipinski definition) is 11. The van der Waals surface area contributed by atoms with Crippen LogP contribution in [0.25, 0.3) is 5.69 Å². The van der Waals surface area contributed by atoms with Crippen LogP contribution < -0.4 is 14.2 Å². The Hall–Kier alpha value is -4.30. The number of nitrogens with zero attached hydrogens (tertiary/aromatic N) is 6. The van der Waals surface area contributed by atoms with Crippen molar-refractivity contribution in [1.82, 2.24) is 24.7 Å². The van der Waals surface area contributed by atoms with Crippen LogP contribution in [0, 0.1) is 6.92 Å². The second kappa shape index (κ2) is 13.0. The number of aliphatic hydroxyl groups excluding tert-OH is 1. The predicted octanol–water partition coefficient (Wildman–Crippen LogP) is 2.53. The van der Waals surface area contributed by atoms with Crippen LogP contribution in [0.5, 0.6) is 11.5 Å². The largest absolute Gasteiger partial charge is 0.494 e. The van der Waals surface area contributed by atoms with Crippen molar-refractivity contribution in [2.75, 3.05) is 26.1 Å². The first-order chi connectivity index (χ1) is 18.7. The van der Waals surface area contributed by atoms with E-state index < -0.39 is 21.4 Å². The first-order valence-electron chi connectivity index (χ1n) is 11.7. The molecule has 2 N–H and O–H groups in total. The predicted molar refractivity (Wildman–Crippen MR) is 146 cm³/mol. The highest BCUT2D eigenvalue weighted by atomic mass is 32.2. The molecule has 2 aromatic heterocycles. The van der Waals surface area contributed by atoms with Gasteiger partial charge >= 0.3 is 0 Å². The summed E-state index contributed by atoms with van der Waals surface area (Å²) in [5, 5.41) is 17.7. The van der Waals surface area contributed by atoms with Crippen LogP contribution in [-0.2, 0) is 21.3 Å². The number of anilines is 1. The number of hydrogen-bond donors (Lipinski definition) is 2. The topological polar surface area (TPSA) is 163 Å². The van der Waals surface area contributed by atoms with Crippen LogP contribution in [0.15, 0.2) is 60.4 Å². The molecule has 0 unspecified atom stereocenters. The number of methoxy groups -OCH3 is 3. The number of aliphatic imine (C=N–C) groups is 1. The summed E-state index contributed by atoms with van der Waals surface area (Å²) in [6, 6.07) is 5.08. The van der Waals surface area contributed by atoms with Gasteiger partial charge in [-0.25, -0.2) is 23.4 Å². The molecule has 0 fully saturated rings. The molecular weight excluding hydrogens is 526 g/mol. The van der Waals surface area contributed by atoms with Gasteiger partial charge < -0.3 is 19.3 Å². The number of aromatic nitrogens is 5. The van der Waals surface area contributed by atoms with E-state index in [2.05, 4.69) is 36.5 Å². The summed E-state index contributed by atoms with van der Waals surface area (Å²) in [7, 11) is 0.181. The number of allylic oxidation sites excluding steroid dienone is 2. The van der Waals surface area contributed by atoms with Crippen molar-refractivity contribution < 1.29 is 27.7 Å². The van der Waals surface area contributed by atoms with Crippen LogP contribution in [0.1, 0.15) is 30.2 Å². The molecule has 1 aromatic carbocycles. The molecule has 13 nitrogen and oxygen atoms in total. The summed E-state index contributed by atoms with van der Waals surface area (Å²) < 4.78 is 47.0. The van der Waals surface area contributed by atoms with Gasteiger partial charge in [-0.05, 0) is 32.1 Å². The molecule has 0 aliphatic heterocycles. The quantitative estimate of drug-likeness (QED) is 0.192. The molecule has 0 amide bonds. The molecule has 3 rings (SSSR count). The number of nitrogens with one attached hydrogen (secondary N) is 1. The Kier molecular flexibility index (Phi) is 9.73. The van der Waals surface area contributed by atoms with Gasteiger partial charge in [0.25, 0.3) is 0 Å². The first kappa shape index (κ1) is 29.3. The number of rotatable bonds is 12. The molecule has 0 bridgehead atoms. The zero-order chi connectivity index (χ0) is 28.6. The minimum absolute atomic E-state index is 0.0422. The highest BCUT2D eigenvalue weighted by Crippen LogP contribution is 2.36. The lowest BCUT2D eigenvalue weighted by molar-refractivity contribution is 0.175. The Morgan fingerprint density at radius 1 is 1.18 bits per heavy atom. The maximum atomic E-state index is 13.4. The fraction of sp³-hybridized carbons (Fsp3) is 0.320. The summed E-state index contributed by atoms with van der Waals surface area (Å²) in [4.78, 5) is 12.5. The van der Waals surface area contributed by atoms with E-state index in [-0.39, 0.29) is 29.8 Å². The maximum absolute atomic E-state index is 13.4. The smallest absolute Gasteiger partial charge is 0.243 e. The Labute approximate surface area is 227 Å². The van der Waals surface area contributed by atoms with E-state index in [1.165, 1.54) is 45.2 Å². The van der Waals surface area contributed by atoms with Crippen LogP contribution in [0.2, 0.25) is 0 Å². The molecule has 3 aromatic rings. The number of sulfonamides is 1. The fourth-order valence-electron chi connectivity index (χ4n) is 3.47. The van der Waals surface area contributed by atoms with E-state index in [9.17, 15) is 13.5 Å². The number of ether oxygens (including phenoxy) is 3. The zero-order valence-electron chi connectivity index (χ0n) is 22.3. The second-order valence-corrected chi connectivity index (χ2v) is 10.1. The summed E-state index contributed by atoms with van der Waals surface area (Å²) in [6.45, 7) is 6.63. The van der Waals surface area contributed by atoms with E-state index in [0.29, 0.717) is 23.0 Å². The van der Waals surface area contributed by atoms with Crippen LogP contribution in [-0.4, -0.2) is 70.7 Å². The van der Waals surface area contributed by atoms with Gasteiger partial charge in [-0.1, -0.05) is 24.8 Å². The second-order valence-electron chi connectivity index (χ2n) is 8.10. The van der Waals surface area contributed by atoms with E-state index in [0.717, 1.165) is 0 Å². The summed E-state index contributed by atoms with van der Waals surface area (Å²) >= 11 is 0. The van der Waals surface area contributed by atoms with Gasteiger partial charge in [-0.3, -0.25) is 9.29 Å². The van der Waals surface area contributed by atoms with E-state index in [1.54, 1.807) is 43.4 Å². The molecule has 2 heterocycles. The number of aryl methyl sites for hydroxylation is 1. The monoisotopic (exact) mass is 557 g/mol. The van der Waals surface area contributed by atoms with E-state index >= 15 is 0 Å². The van der Waals surface area contributed by atoms with Crippen molar-refractivity contribution in [3.05, 3.63) is 72.6 Å². The van der Waals surface area contributed by atoms with Crippen LogP contribution in [0.4, 0.5) is 5.95 Å². The van der Waals surface area contributed by atoms with Gasteiger partial charge in [0, 0.05) is 18.0 Å². The first-order valence-corrected chi connectivity index (χ1v) is 13.2. The molecular formula is C25H31N7O6S. The zero-order valence-corrected chi connectivity index (χ0v) is 23.1. The van der Waals surface area contributed by atoms with E-state index in [1.807, 2.05) is 0 Å². The van der Waals surface area contributed by atoms with Gasteiger partial charge in [-0.2, -0.15) is 0 Å². The Morgan fingerprint density at radius 2 is 1.82 bits per heavy atom. The fourth-order valence-corrected chi connectivity index (χ4v) is 4.54. The standard InChI is InChI=1S/C25H31N7O6S/c1-7-8-12-22(38-6)28-15-21-29-30-25(32(21)23-19(36-4)10-9-11-20(23)37-5)31-39(34,35)16(2)24(33)18-13-26-17(3)27-14-18/h7-14,16,24,33H,1,15H2,2-6H3,(H,30,31)/b12-8-,28-22?/t16-,24+/m1/s1. The van der Waals surface area contributed by atoms with Crippen molar-refractivity contribution in [2.24, 2.45) is 4.99 Å². The third-order valence-electron chi connectivity index (χ3n) is 5.63. The molecule has 0 saturated heterocycles. The Balaban J connectivity index is 2.09. The molecule has 0 saturated carbocycles. The third kappa shape index (κ3) is 6.78. The van der Waals surface area contributed by atoms with Crippen molar-refractivity contribution in [2.45, 2.75) is 31.7 Å². The van der Waals surface area contributed by atoms with Crippen molar-refractivity contribution in [3.8, 4) is 17.2 Å². The highest BCUT2D eigenvalue weighted by Gasteiger charge is 2.32. The normalized spacial score (nSPS) is 13.6. The lowest BCUT2D eigenvalue weighted by Crippen LogP contribution is -2.32. The minimum atomic E-state index is -4.22.